The fourth-order valence-corrected chi connectivity index (χ4v) is 2.43. The molecule has 0 heterocycles. The molecule has 0 aliphatic rings. The SMILES string of the molecule is COc1cccc(CCC(=O)N(C)C(C)c2ccccc2)c1. The molecule has 0 spiro atoms. The minimum atomic E-state index is 0.0824. The zero-order valence-electron chi connectivity index (χ0n) is 13.5. The summed E-state index contributed by atoms with van der Waals surface area (Å²) >= 11 is 0. The Hall–Kier alpha value is -2.29. The quantitative estimate of drug-likeness (QED) is 0.810. The summed E-state index contributed by atoms with van der Waals surface area (Å²) in [5.74, 6) is 0.982. The number of ether oxygens (including phenoxy) is 1. The number of rotatable bonds is 6. The Bertz CT molecular complexity index is 610. The van der Waals surface area contributed by atoms with E-state index in [1.54, 1.807) is 7.11 Å². The predicted molar refractivity (Wildman–Crippen MR) is 88.9 cm³/mol. The molecule has 2 aromatic carbocycles. The molecule has 2 rings (SSSR count). The smallest absolute Gasteiger partial charge is 0.223 e. The van der Waals surface area contributed by atoms with Crippen molar-refractivity contribution in [1.29, 1.82) is 0 Å². The van der Waals surface area contributed by atoms with E-state index < -0.39 is 0 Å². The fraction of sp³-hybridized carbons (Fsp3) is 0.316. The van der Waals surface area contributed by atoms with Crippen LogP contribution in [0, 0.1) is 0 Å². The molecule has 1 amide bonds. The van der Waals surface area contributed by atoms with E-state index in [9.17, 15) is 4.79 Å². The number of nitrogens with zero attached hydrogens (tertiary/aromatic N) is 1. The molecule has 3 heteroatoms. The lowest BCUT2D eigenvalue weighted by Gasteiger charge is -2.25. The lowest BCUT2D eigenvalue weighted by atomic mass is 10.1. The van der Waals surface area contributed by atoms with Crippen LogP contribution in [0.1, 0.15) is 30.5 Å². The maximum absolute atomic E-state index is 12.4. The van der Waals surface area contributed by atoms with Crippen LogP contribution in [0.2, 0.25) is 0 Å². The first kappa shape index (κ1) is 16.1. The van der Waals surface area contributed by atoms with Gasteiger partial charge in [0.15, 0.2) is 0 Å². The number of hydrogen-bond donors (Lipinski definition) is 0. The van der Waals surface area contributed by atoms with Gasteiger partial charge in [-0.05, 0) is 36.6 Å². The minimum absolute atomic E-state index is 0.0824. The van der Waals surface area contributed by atoms with Gasteiger partial charge in [-0.15, -0.1) is 0 Å². The van der Waals surface area contributed by atoms with Crippen molar-refractivity contribution in [3.05, 3.63) is 65.7 Å². The van der Waals surface area contributed by atoms with Crippen LogP contribution in [0.15, 0.2) is 54.6 Å². The number of benzene rings is 2. The van der Waals surface area contributed by atoms with Crippen molar-refractivity contribution >= 4 is 5.91 Å². The monoisotopic (exact) mass is 297 g/mol. The highest BCUT2D eigenvalue weighted by Crippen LogP contribution is 2.20. The number of carbonyl (C=O) groups is 1. The third-order valence-electron chi connectivity index (χ3n) is 4.02. The topological polar surface area (TPSA) is 29.5 Å². The molecule has 0 saturated heterocycles. The first-order valence-corrected chi connectivity index (χ1v) is 7.55. The molecular weight excluding hydrogens is 274 g/mol. The number of methoxy groups -OCH3 is 1. The molecule has 0 radical (unpaired) electrons. The Morgan fingerprint density at radius 2 is 1.86 bits per heavy atom. The summed E-state index contributed by atoms with van der Waals surface area (Å²) in [7, 11) is 3.52. The van der Waals surface area contributed by atoms with Gasteiger partial charge in [0.2, 0.25) is 5.91 Å². The van der Waals surface area contributed by atoms with Crippen LogP contribution in [0.4, 0.5) is 0 Å². The molecule has 1 unspecified atom stereocenters. The molecule has 22 heavy (non-hydrogen) atoms. The first-order chi connectivity index (χ1) is 10.6. The predicted octanol–water partition coefficient (Wildman–Crippen LogP) is 3.85. The molecule has 116 valence electrons. The van der Waals surface area contributed by atoms with Gasteiger partial charge in [0.1, 0.15) is 5.75 Å². The number of carbonyl (C=O) groups excluding carboxylic acids is 1. The Morgan fingerprint density at radius 3 is 2.55 bits per heavy atom. The van der Waals surface area contributed by atoms with E-state index in [1.165, 1.54) is 0 Å². The van der Waals surface area contributed by atoms with Gasteiger partial charge in [-0.25, -0.2) is 0 Å². The van der Waals surface area contributed by atoms with Crippen molar-refractivity contribution in [2.24, 2.45) is 0 Å². The third-order valence-corrected chi connectivity index (χ3v) is 4.02. The van der Waals surface area contributed by atoms with E-state index in [0.717, 1.165) is 23.3 Å². The maximum Gasteiger partial charge on any atom is 0.223 e. The summed E-state index contributed by atoms with van der Waals surface area (Å²) < 4.78 is 5.21. The molecule has 0 N–H and O–H groups in total. The number of aryl methyl sites for hydroxylation is 1. The van der Waals surface area contributed by atoms with Crippen LogP contribution >= 0.6 is 0 Å². The van der Waals surface area contributed by atoms with Gasteiger partial charge in [-0.3, -0.25) is 4.79 Å². The van der Waals surface area contributed by atoms with Gasteiger partial charge in [-0.2, -0.15) is 0 Å². The summed E-state index contributed by atoms with van der Waals surface area (Å²) in [5.41, 5.74) is 2.27. The molecular formula is C19H23NO2. The second-order valence-electron chi connectivity index (χ2n) is 5.44. The van der Waals surface area contributed by atoms with E-state index in [2.05, 4.69) is 19.1 Å². The lowest BCUT2D eigenvalue weighted by Crippen LogP contribution is -2.29. The zero-order valence-corrected chi connectivity index (χ0v) is 13.5. The largest absolute Gasteiger partial charge is 0.497 e. The Kier molecular flexibility index (Phi) is 5.59. The highest BCUT2D eigenvalue weighted by Gasteiger charge is 2.16. The summed E-state index contributed by atoms with van der Waals surface area (Å²) in [6.07, 6.45) is 1.22. The van der Waals surface area contributed by atoms with Crippen LogP contribution in [-0.4, -0.2) is 25.0 Å². The molecule has 2 aromatic rings. The Morgan fingerprint density at radius 1 is 1.14 bits per heavy atom. The summed E-state index contributed by atoms with van der Waals surface area (Å²) in [6, 6.07) is 18.0. The Balaban J connectivity index is 1.93. The molecule has 0 fully saturated rings. The number of amides is 1. The highest BCUT2D eigenvalue weighted by atomic mass is 16.5. The molecule has 0 bridgehead atoms. The average molecular weight is 297 g/mol. The van der Waals surface area contributed by atoms with E-state index in [0.29, 0.717) is 6.42 Å². The van der Waals surface area contributed by atoms with Gasteiger partial charge in [0.05, 0.1) is 13.2 Å². The second-order valence-corrected chi connectivity index (χ2v) is 5.44. The number of hydrogen-bond acceptors (Lipinski definition) is 2. The van der Waals surface area contributed by atoms with Crippen LogP contribution < -0.4 is 4.74 Å². The van der Waals surface area contributed by atoms with Crippen molar-refractivity contribution in [1.82, 2.24) is 4.90 Å². The van der Waals surface area contributed by atoms with Crippen molar-refractivity contribution in [2.45, 2.75) is 25.8 Å². The standard InChI is InChI=1S/C19H23NO2/c1-15(17-9-5-4-6-10-17)20(2)19(21)13-12-16-8-7-11-18(14-16)22-3/h4-11,14-15H,12-13H2,1-3H3. The molecule has 0 aliphatic heterocycles. The maximum atomic E-state index is 12.4. The van der Waals surface area contributed by atoms with Gasteiger partial charge in [-0.1, -0.05) is 42.5 Å². The minimum Gasteiger partial charge on any atom is -0.497 e. The van der Waals surface area contributed by atoms with E-state index >= 15 is 0 Å². The molecule has 1 atom stereocenters. The van der Waals surface area contributed by atoms with Crippen LogP contribution in [-0.2, 0) is 11.2 Å². The van der Waals surface area contributed by atoms with Crippen molar-refractivity contribution < 1.29 is 9.53 Å². The normalized spacial score (nSPS) is 11.8. The van der Waals surface area contributed by atoms with Crippen molar-refractivity contribution in [3.63, 3.8) is 0 Å². The van der Waals surface area contributed by atoms with E-state index in [1.807, 2.05) is 54.4 Å². The molecule has 0 saturated carbocycles. The summed E-state index contributed by atoms with van der Waals surface area (Å²) in [5, 5.41) is 0. The summed E-state index contributed by atoms with van der Waals surface area (Å²) in [4.78, 5) is 14.2. The van der Waals surface area contributed by atoms with Crippen molar-refractivity contribution in [3.8, 4) is 5.75 Å². The van der Waals surface area contributed by atoms with Gasteiger partial charge < -0.3 is 9.64 Å². The average Bonchev–Trinajstić information content (AvgIpc) is 2.59. The fourth-order valence-electron chi connectivity index (χ4n) is 2.43. The second kappa shape index (κ2) is 7.64. The molecule has 3 nitrogen and oxygen atoms in total. The summed E-state index contributed by atoms with van der Waals surface area (Å²) in [6.45, 7) is 2.05. The van der Waals surface area contributed by atoms with Crippen LogP contribution in [0.5, 0.6) is 5.75 Å². The Labute approximate surface area is 132 Å². The van der Waals surface area contributed by atoms with Gasteiger partial charge in [0.25, 0.3) is 0 Å². The third kappa shape index (κ3) is 4.10. The van der Waals surface area contributed by atoms with Crippen molar-refractivity contribution in [2.75, 3.05) is 14.2 Å². The van der Waals surface area contributed by atoms with Crippen LogP contribution in [0.3, 0.4) is 0 Å². The van der Waals surface area contributed by atoms with Crippen LogP contribution in [0.25, 0.3) is 0 Å². The first-order valence-electron chi connectivity index (χ1n) is 7.55. The van der Waals surface area contributed by atoms with E-state index in [4.69, 9.17) is 4.74 Å². The van der Waals surface area contributed by atoms with Gasteiger partial charge in [0, 0.05) is 13.5 Å². The lowest BCUT2D eigenvalue weighted by molar-refractivity contribution is -0.131. The van der Waals surface area contributed by atoms with Gasteiger partial charge >= 0.3 is 0 Å². The highest BCUT2D eigenvalue weighted by molar-refractivity contribution is 5.76. The van der Waals surface area contributed by atoms with E-state index in [-0.39, 0.29) is 11.9 Å². The molecule has 0 aromatic heterocycles. The zero-order chi connectivity index (χ0) is 15.9. The molecule has 0 aliphatic carbocycles.